The molecule has 0 fully saturated rings. The van der Waals surface area contributed by atoms with Crippen LogP contribution in [0.1, 0.15) is 34.6 Å². The third-order valence-electron chi connectivity index (χ3n) is 2.10. The van der Waals surface area contributed by atoms with Crippen molar-refractivity contribution in [1.29, 1.82) is 0 Å². The number of ether oxygens (including phenoxy) is 1. The van der Waals surface area contributed by atoms with Gasteiger partial charge in [0, 0.05) is 19.6 Å². The molecule has 0 atom stereocenters. The predicted molar refractivity (Wildman–Crippen MR) is 71.1 cm³/mol. The Balaban J connectivity index is 3.59. The highest BCUT2D eigenvalue weighted by Crippen LogP contribution is 2.13. The van der Waals surface area contributed by atoms with Gasteiger partial charge in [0.2, 0.25) is 0 Å². The second-order valence-electron chi connectivity index (χ2n) is 5.80. The molecule has 0 saturated carbocycles. The molecule has 0 rings (SSSR count). The van der Waals surface area contributed by atoms with Crippen LogP contribution in [0.15, 0.2) is 12.7 Å². The van der Waals surface area contributed by atoms with E-state index in [1.165, 1.54) is 0 Å². The molecule has 1 amide bonds. The topological polar surface area (TPSA) is 50.4 Å². The molecule has 0 aliphatic carbocycles. The van der Waals surface area contributed by atoms with Crippen LogP contribution in [0.2, 0.25) is 0 Å². The van der Waals surface area contributed by atoms with E-state index in [1.54, 1.807) is 0 Å². The van der Waals surface area contributed by atoms with Crippen LogP contribution in [0.3, 0.4) is 0 Å². The summed E-state index contributed by atoms with van der Waals surface area (Å²) < 4.78 is 5.11. The number of alkyl carbamates (subject to hydrolysis) is 1. The summed E-state index contributed by atoms with van der Waals surface area (Å²) in [6.45, 7) is 15.6. The molecule has 0 radical (unpaired) electrons. The van der Waals surface area contributed by atoms with Gasteiger partial charge in [-0.2, -0.15) is 0 Å². The standard InChI is InChI=1S/C13H26N2O2/c1-7-13(5,6)10-14-8-9-15-11(16)17-12(2,3)4/h7,14H,1,8-10H2,2-6H3,(H,15,16). The maximum absolute atomic E-state index is 11.3. The molecule has 2 N–H and O–H groups in total. The van der Waals surface area contributed by atoms with Crippen molar-refractivity contribution >= 4 is 6.09 Å². The molecular formula is C13H26N2O2. The van der Waals surface area contributed by atoms with Gasteiger partial charge in [0.05, 0.1) is 0 Å². The van der Waals surface area contributed by atoms with E-state index in [-0.39, 0.29) is 11.5 Å². The molecule has 0 bridgehead atoms. The van der Waals surface area contributed by atoms with Crippen molar-refractivity contribution in [3.8, 4) is 0 Å². The number of carbonyl (C=O) groups excluding carboxylic acids is 1. The largest absolute Gasteiger partial charge is 0.444 e. The minimum absolute atomic E-state index is 0.0753. The van der Waals surface area contributed by atoms with Crippen molar-refractivity contribution in [3.05, 3.63) is 12.7 Å². The van der Waals surface area contributed by atoms with Gasteiger partial charge >= 0.3 is 6.09 Å². The SMILES string of the molecule is C=CC(C)(C)CNCCNC(=O)OC(C)(C)C. The van der Waals surface area contributed by atoms with Gasteiger partial charge in [-0.05, 0) is 26.2 Å². The maximum Gasteiger partial charge on any atom is 0.407 e. The van der Waals surface area contributed by atoms with Gasteiger partial charge in [0.15, 0.2) is 0 Å². The molecule has 17 heavy (non-hydrogen) atoms. The van der Waals surface area contributed by atoms with Gasteiger partial charge in [0.1, 0.15) is 5.60 Å². The molecule has 0 aliphatic heterocycles. The van der Waals surface area contributed by atoms with E-state index in [0.717, 1.165) is 13.1 Å². The van der Waals surface area contributed by atoms with E-state index in [2.05, 4.69) is 31.1 Å². The normalized spacial score (nSPS) is 12.1. The van der Waals surface area contributed by atoms with Crippen molar-refractivity contribution in [2.24, 2.45) is 5.41 Å². The first-order valence-electron chi connectivity index (χ1n) is 5.97. The first-order chi connectivity index (χ1) is 7.66. The van der Waals surface area contributed by atoms with Crippen molar-refractivity contribution in [3.63, 3.8) is 0 Å². The fourth-order valence-corrected chi connectivity index (χ4v) is 1.05. The highest BCUT2D eigenvalue weighted by Gasteiger charge is 2.15. The van der Waals surface area contributed by atoms with Crippen molar-refractivity contribution in [1.82, 2.24) is 10.6 Å². The Morgan fingerprint density at radius 3 is 2.29 bits per heavy atom. The lowest BCUT2D eigenvalue weighted by molar-refractivity contribution is 0.0528. The number of hydrogen-bond donors (Lipinski definition) is 2. The minimum atomic E-state index is -0.442. The summed E-state index contributed by atoms with van der Waals surface area (Å²) in [7, 11) is 0. The van der Waals surface area contributed by atoms with Crippen LogP contribution in [-0.2, 0) is 4.74 Å². The van der Waals surface area contributed by atoms with Crippen molar-refractivity contribution in [2.75, 3.05) is 19.6 Å². The second-order valence-corrected chi connectivity index (χ2v) is 5.80. The fourth-order valence-electron chi connectivity index (χ4n) is 1.05. The lowest BCUT2D eigenvalue weighted by atomic mass is 9.94. The van der Waals surface area contributed by atoms with E-state index < -0.39 is 5.60 Å². The number of hydrogen-bond acceptors (Lipinski definition) is 3. The number of nitrogens with one attached hydrogen (secondary N) is 2. The molecule has 0 aromatic carbocycles. The zero-order valence-corrected chi connectivity index (χ0v) is 11.7. The third-order valence-corrected chi connectivity index (χ3v) is 2.10. The smallest absolute Gasteiger partial charge is 0.407 e. The monoisotopic (exact) mass is 242 g/mol. The highest BCUT2D eigenvalue weighted by molar-refractivity contribution is 5.67. The van der Waals surface area contributed by atoms with Crippen molar-refractivity contribution < 1.29 is 9.53 Å². The van der Waals surface area contributed by atoms with E-state index in [9.17, 15) is 4.79 Å². The third kappa shape index (κ3) is 9.87. The van der Waals surface area contributed by atoms with Crippen LogP contribution in [0.5, 0.6) is 0 Å². The lowest BCUT2D eigenvalue weighted by Gasteiger charge is -2.21. The molecule has 0 aromatic rings. The average molecular weight is 242 g/mol. The Morgan fingerprint density at radius 2 is 1.82 bits per heavy atom. The summed E-state index contributed by atoms with van der Waals surface area (Å²) in [6.07, 6.45) is 1.55. The molecule has 4 heteroatoms. The molecule has 0 aliphatic rings. The Bertz CT molecular complexity index is 255. The van der Waals surface area contributed by atoms with Gasteiger partial charge in [0.25, 0.3) is 0 Å². The van der Waals surface area contributed by atoms with Crippen LogP contribution in [0.4, 0.5) is 4.79 Å². The van der Waals surface area contributed by atoms with E-state index in [1.807, 2.05) is 26.8 Å². The van der Waals surface area contributed by atoms with Crippen LogP contribution < -0.4 is 10.6 Å². The zero-order chi connectivity index (χ0) is 13.5. The summed E-state index contributed by atoms with van der Waals surface area (Å²) in [5.74, 6) is 0. The van der Waals surface area contributed by atoms with E-state index >= 15 is 0 Å². The van der Waals surface area contributed by atoms with Crippen LogP contribution in [0, 0.1) is 5.41 Å². The first kappa shape index (κ1) is 16.0. The highest BCUT2D eigenvalue weighted by atomic mass is 16.6. The molecule has 0 aromatic heterocycles. The molecule has 0 saturated heterocycles. The summed E-state index contributed by atoms with van der Waals surface area (Å²) in [5, 5.41) is 5.95. The van der Waals surface area contributed by atoms with Gasteiger partial charge in [-0.15, -0.1) is 6.58 Å². The Hall–Kier alpha value is -1.03. The van der Waals surface area contributed by atoms with Gasteiger partial charge in [-0.3, -0.25) is 0 Å². The molecular weight excluding hydrogens is 216 g/mol. The minimum Gasteiger partial charge on any atom is -0.444 e. The van der Waals surface area contributed by atoms with Crippen LogP contribution >= 0.6 is 0 Å². The molecule has 4 nitrogen and oxygen atoms in total. The average Bonchev–Trinajstić information content (AvgIpc) is 2.14. The molecule has 100 valence electrons. The predicted octanol–water partition coefficient (Wildman–Crippen LogP) is 2.31. The zero-order valence-electron chi connectivity index (χ0n) is 11.7. The van der Waals surface area contributed by atoms with Gasteiger partial charge < -0.3 is 15.4 Å². The van der Waals surface area contributed by atoms with E-state index in [0.29, 0.717) is 6.54 Å². The molecule has 0 heterocycles. The summed E-state index contributed by atoms with van der Waals surface area (Å²) in [6, 6.07) is 0. The Morgan fingerprint density at radius 1 is 1.24 bits per heavy atom. The Labute approximate surface area is 105 Å². The summed E-state index contributed by atoms with van der Waals surface area (Å²) >= 11 is 0. The van der Waals surface area contributed by atoms with Crippen LogP contribution in [-0.4, -0.2) is 31.3 Å². The maximum atomic E-state index is 11.3. The quantitative estimate of drug-likeness (QED) is 0.555. The van der Waals surface area contributed by atoms with Crippen molar-refractivity contribution in [2.45, 2.75) is 40.2 Å². The lowest BCUT2D eigenvalue weighted by Crippen LogP contribution is -2.38. The number of amides is 1. The van der Waals surface area contributed by atoms with Gasteiger partial charge in [-0.25, -0.2) is 4.79 Å². The summed E-state index contributed by atoms with van der Waals surface area (Å²) in [4.78, 5) is 11.3. The Kier molecular flexibility index (Phi) is 6.24. The second kappa shape index (κ2) is 6.64. The molecule has 0 spiro atoms. The van der Waals surface area contributed by atoms with E-state index in [4.69, 9.17) is 4.74 Å². The molecule has 0 unspecified atom stereocenters. The number of carbonyl (C=O) groups is 1. The summed E-state index contributed by atoms with van der Waals surface area (Å²) in [5.41, 5.74) is -0.367. The van der Waals surface area contributed by atoms with Gasteiger partial charge in [-0.1, -0.05) is 19.9 Å². The fraction of sp³-hybridized carbons (Fsp3) is 0.769. The number of rotatable bonds is 6. The first-order valence-corrected chi connectivity index (χ1v) is 5.97. The van der Waals surface area contributed by atoms with Crippen LogP contribution in [0.25, 0.3) is 0 Å².